The molecule has 1 aliphatic heterocycles. The molecular weight excluding hydrogens is 450 g/mol. The number of hydrogen-bond donors (Lipinski definition) is 1. The van der Waals surface area contributed by atoms with Crippen LogP contribution in [-0.2, 0) is 9.59 Å². The van der Waals surface area contributed by atoms with Gasteiger partial charge in [0, 0.05) is 12.6 Å². The second-order valence-electron chi connectivity index (χ2n) is 6.81. The second-order valence-corrected chi connectivity index (χ2v) is 8.53. The van der Waals surface area contributed by atoms with Gasteiger partial charge in [-0.15, -0.1) is 0 Å². The summed E-state index contributed by atoms with van der Waals surface area (Å²) in [4.78, 5) is 31.6. The summed E-state index contributed by atoms with van der Waals surface area (Å²) in [6.07, 6.45) is 1.70. The summed E-state index contributed by atoms with van der Waals surface area (Å²) in [5, 5.41) is 3.17. The third kappa shape index (κ3) is 5.26. The molecule has 0 spiro atoms. The molecule has 168 valence electrons. The number of benzene rings is 2. The summed E-state index contributed by atoms with van der Waals surface area (Å²) in [6, 6.07) is 12.3. The van der Waals surface area contributed by atoms with E-state index >= 15 is 0 Å². The Kier molecular flexibility index (Phi) is 7.82. The number of halogens is 1. The Balaban J connectivity index is 1.99. The standard InChI is InChI=1S/C23H24ClN3O4S/c1-5-25-21(28)14(2)32-23-26-19(12-15-6-9-17(30-3)10-7-15)22(29)27(23)16-8-11-18(24)20(13-16)31-4/h6-14H,5H2,1-4H3,(H,25,28)/b19-12-. The van der Waals surface area contributed by atoms with Crippen LogP contribution in [0.25, 0.3) is 6.08 Å². The summed E-state index contributed by atoms with van der Waals surface area (Å²) >= 11 is 7.37. The lowest BCUT2D eigenvalue weighted by Gasteiger charge is -2.20. The van der Waals surface area contributed by atoms with Gasteiger partial charge in [0.2, 0.25) is 5.91 Å². The van der Waals surface area contributed by atoms with Gasteiger partial charge in [-0.2, -0.15) is 0 Å². The van der Waals surface area contributed by atoms with Gasteiger partial charge < -0.3 is 14.8 Å². The number of rotatable bonds is 7. The first-order chi connectivity index (χ1) is 15.4. The number of anilines is 1. The van der Waals surface area contributed by atoms with Crippen molar-refractivity contribution in [3.8, 4) is 11.5 Å². The van der Waals surface area contributed by atoms with Gasteiger partial charge in [0.1, 0.15) is 17.2 Å². The van der Waals surface area contributed by atoms with Crippen LogP contribution >= 0.6 is 23.4 Å². The van der Waals surface area contributed by atoms with Gasteiger partial charge in [0.25, 0.3) is 5.91 Å². The van der Waals surface area contributed by atoms with Crippen LogP contribution in [0.4, 0.5) is 5.69 Å². The second kappa shape index (κ2) is 10.6. The average molecular weight is 474 g/mol. The molecule has 32 heavy (non-hydrogen) atoms. The van der Waals surface area contributed by atoms with Gasteiger partial charge in [-0.25, -0.2) is 4.99 Å². The molecule has 7 nitrogen and oxygen atoms in total. The van der Waals surface area contributed by atoms with Crippen LogP contribution in [0.2, 0.25) is 5.02 Å². The number of hydrogen-bond acceptors (Lipinski definition) is 6. The normalized spacial score (nSPS) is 15.5. The smallest absolute Gasteiger partial charge is 0.283 e. The predicted octanol–water partition coefficient (Wildman–Crippen LogP) is 4.36. The van der Waals surface area contributed by atoms with Crippen LogP contribution in [0.1, 0.15) is 19.4 Å². The number of amidine groups is 1. The summed E-state index contributed by atoms with van der Waals surface area (Å²) in [7, 11) is 3.10. The summed E-state index contributed by atoms with van der Waals surface area (Å²) < 4.78 is 10.5. The molecular formula is C23H24ClN3O4S. The van der Waals surface area contributed by atoms with Crippen molar-refractivity contribution in [3.05, 3.63) is 58.7 Å². The van der Waals surface area contributed by atoms with Crippen molar-refractivity contribution in [2.75, 3.05) is 25.7 Å². The highest BCUT2D eigenvalue weighted by molar-refractivity contribution is 8.15. The maximum absolute atomic E-state index is 13.3. The largest absolute Gasteiger partial charge is 0.497 e. The highest BCUT2D eigenvalue weighted by Crippen LogP contribution is 2.35. The fourth-order valence-electron chi connectivity index (χ4n) is 2.98. The first-order valence-electron chi connectivity index (χ1n) is 9.94. The van der Waals surface area contributed by atoms with E-state index in [1.807, 2.05) is 31.2 Å². The molecule has 0 saturated heterocycles. The minimum Gasteiger partial charge on any atom is -0.497 e. The Morgan fingerprint density at radius 1 is 1.22 bits per heavy atom. The van der Waals surface area contributed by atoms with Crippen LogP contribution in [-0.4, -0.2) is 43.0 Å². The lowest BCUT2D eigenvalue weighted by Crippen LogP contribution is -2.35. The van der Waals surface area contributed by atoms with E-state index in [1.54, 1.807) is 38.3 Å². The first kappa shape index (κ1) is 23.7. The zero-order valence-electron chi connectivity index (χ0n) is 18.2. The van der Waals surface area contributed by atoms with Crippen molar-refractivity contribution in [2.45, 2.75) is 19.1 Å². The van der Waals surface area contributed by atoms with Crippen LogP contribution in [0, 0.1) is 0 Å². The Morgan fingerprint density at radius 2 is 1.94 bits per heavy atom. The molecule has 3 rings (SSSR count). The fraction of sp³-hybridized carbons (Fsp3) is 0.261. The molecule has 2 aromatic carbocycles. The Labute approximate surface area is 196 Å². The van der Waals surface area contributed by atoms with Crippen molar-refractivity contribution < 1.29 is 19.1 Å². The van der Waals surface area contributed by atoms with E-state index in [0.29, 0.717) is 28.2 Å². The topological polar surface area (TPSA) is 80.2 Å². The molecule has 0 bridgehead atoms. The molecule has 0 aliphatic carbocycles. The van der Waals surface area contributed by atoms with Crippen LogP contribution < -0.4 is 19.7 Å². The average Bonchev–Trinajstić information content (AvgIpc) is 3.09. The van der Waals surface area contributed by atoms with E-state index < -0.39 is 5.25 Å². The van der Waals surface area contributed by atoms with Gasteiger partial charge in [-0.3, -0.25) is 14.5 Å². The molecule has 0 radical (unpaired) electrons. The number of nitrogens with one attached hydrogen (secondary N) is 1. The maximum Gasteiger partial charge on any atom is 0.283 e. The molecule has 1 heterocycles. The number of aliphatic imine (C=N–C) groups is 1. The Hall–Kier alpha value is -2.97. The van der Waals surface area contributed by atoms with E-state index in [-0.39, 0.29) is 17.5 Å². The third-order valence-electron chi connectivity index (χ3n) is 4.64. The number of carbonyl (C=O) groups excluding carboxylic acids is 2. The van der Waals surface area contributed by atoms with Gasteiger partial charge in [-0.1, -0.05) is 35.5 Å². The van der Waals surface area contributed by atoms with Crippen LogP contribution in [0.5, 0.6) is 11.5 Å². The monoisotopic (exact) mass is 473 g/mol. The van der Waals surface area contributed by atoms with Gasteiger partial charge >= 0.3 is 0 Å². The molecule has 1 atom stereocenters. The zero-order valence-corrected chi connectivity index (χ0v) is 19.8. The van der Waals surface area contributed by atoms with Gasteiger partial charge in [-0.05, 0) is 49.8 Å². The SMILES string of the molecule is CCNC(=O)C(C)SC1=N/C(=C\c2ccc(OC)cc2)C(=O)N1c1ccc(Cl)c(OC)c1. The Morgan fingerprint density at radius 3 is 2.56 bits per heavy atom. The van der Waals surface area contributed by atoms with Crippen molar-refractivity contribution in [1.29, 1.82) is 0 Å². The van der Waals surface area contributed by atoms with Crippen molar-refractivity contribution >= 4 is 52.1 Å². The van der Waals surface area contributed by atoms with Crippen molar-refractivity contribution in [1.82, 2.24) is 5.32 Å². The van der Waals surface area contributed by atoms with Gasteiger partial charge in [0.05, 0.1) is 30.2 Å². The number of carbonyl (C=O) groups is 2. The molecule has 1 N–H and O–H groups in total. The molecule has 0 aromatic heterocycles. The number of thioether (sulfide) groups is 1. The lowest BCUT2D eigenvalue weighted by molar-refractivity contribution is -0.120. The molecule has 1 aliphatic rings. The summed E-state index contributed by atoms with van der Waals surface area (Å²) in [6.45, 7) is 4.15. The van der Waals surface area contributed by atoms with Crippen molar-refractivity contribution in [2.24, 2.45) is 4.99 Å². The molecule has 0 saturated carbocycles. The summed E-state index contributed by atoms with van der Waals surface area (Å²) in [5.74, 6) is 0.714. The predicted molar refractivity (Wildman–Crippen MR) is 130 cm³/mol. The molecule has 2 amide bonds. The zero-order chi connectivity index (χ0) is 23.3. The van der Waals surface area contributed by atoms with E-state index in [9.17, 15) is 9.59 Å². The maximum atomic E-state index is 13.3. The third-order valence-corrected chi connectivity index (χ3v) is 6.01. The quantitative estimate of drug-likeness (QED) is 0.604. The lowest BCUT2D eigenvalue weighted by atomic mass is 10.2. The number of ether oxygens (including phenoxy) is 2. The molecule has 9 heteroatoms. The minimum absolute atomic E-state index is 0.131. The number of nitrogens with zero attached hydrogens (tertiary/aromatic N) is 2. The summed E-state index contributed by atoms with van der Waals surface area (Å²) in [5.41, 5.74) is 1.60. The van der Waals surface area contributed by atoms with Crippen LogP contribution in [0.15, 0.2) is 53.2 Å². The highest BCUT2D eigenvalue weighted by Gasteiger charge is 2.34. The number of methoxy groups -OCH3 is 2. The van der Waals surface area contributed by atoms with Gasteiger partial charge in [0.15, 0.2) is 5.17 Å². The number of amides is 2. The molecule has 0 fully saturated rings. The van der Waals surface area contributed by atoms with E-state index in [4.69, 9.17) is 21.1 Å². The minimum atomic E-state index is -0.446. The van der Waals surface area contributed by atoms with Crippen LogP contribution in [0.3, 0.4) is 0 Å². The molecule has 1 unspecified atom stereocenters. The van der Waals surface area contributed by atoms with Crippen molar-refractivity contribution in [3.63, 3.8) is 0 Å². The highest BCUT2D eigenvalue weighted by atomic mass is 35.5. The van der Waals surface area contributed by atoms with E-state index in [0.717, 1.165) is 11.3 Å². The first-order valence-corrected chi connectivity index (χ1v) is 11.2. The fourth-order valence-corrected chi connectivity index (χ4v) is 4.12. The van der Waals surface area contributed by atoms with E-state index in [1.165, 1.54) is 23.8 Å². The Bertz CT molecular complexity index is 1070. The molecule has 2 aromatic rings. The van der Waals surface area contributed by atoms with E-state index in [2.05, 4.69) is 10.3 Å².